The molecule has 0 saturated carbocycles. The van der Waals surface area contributed by atoms with Crippen LogP contribution in [-0.4, -0.2) is 29.6 Å². The van der Waals surface area contributed by atoms with Crippen molar-refractivity contribution in [3.05, 3.63) is 42.0 Å². The molecule has 1 rings (SSSR count). The minimum atomic E-state index is -1.19. The van der Waals surface area contributed by atoms with E-state index in [0.717, 1.165) is 12.1 Å². The van der Waals surface area contributed by atoms with E-state index in [9.17, 15) is 18.4 Å². The van der Waals surface area contributed by atoms with Gasteiger partial charge >= 0.3 is 5.97 Å². The van der Waals surface area contributed by atoms with Crippen LogP contribution in [0.15, 0.2) is 30.4 Å². The van der Waals surface area contributed by atoms with Crippen molar-refractivity contribution < 1.29 is 28.2 Å². The van der Waals surface area contributed by atoms with Gasteiger partial charge in [0.15, 0.2) is 18.2 Å². The lowest BCUT2D eigenvalue weighted by molar-refractivity contribution is -0.142. The van der Waals surface area contributed by atoms with Crippen LogP contribution in [0.4, 0.5) is 8.78 Å². The zero-order valence-electron chi connectivity index (χ0n) is 11.3. The Labute approximate surface area is 120 Å². The largest absolute Gasteiger partial charge is 0.481 e. The molecule has 0 aliphatic rings. The Morgan fingerprint density at radius 2 is 2.14 bits per heavy atom. The highest BCUT2D eigenvalue weighted by Crippen LogP contribution is 2.17. The summed E-state index contributed by atoms with van der Waals surface area (Å²) in [6.07, 6.45) is 3.38. The molecule has 114 valence electrons. The van der Waals surface area contributed by atoms with E-state index < -0.39 is 36.2 Å². The summed E-state index contributed by atoms with van der Waals surface area (Å²) in [4.78, 5) is 22.5. The summed E-state index contributed by atoms with van der Waals surface area (Å²) in [6, 6.07) is 1.57. The maximum absolute atomic E-state index is 13.3. The quantitative estimate of drug-likeness (QED) is 0.754. The van der Waals surface area contributed by atoms with Gasteiger partial charge in [-0.3, -0.25) is 4.79 Å². The van der Waals surface area contributed by atoms with E-state index in [1.807, 2.05) is 0 Å². The minimum absolute atomic E-state index is 0.127. The summed E-state index contributed by atoms with van der Waals surface area (Å²) in [5, 5.41) is 11.2. The molecule has 1 atom stereocenters. The number of hydrogen-bond donors (Lipinski definition) is 2. The number of aliphatic carboxylic acids is 1. The predicted octanol–water partition coefficient (Wildman–Crippen LogP) is 1.88. The summed E-state index contributed by atoms with van der Waals surface area (Å²) < 4.78 is 30.8. The lowest BCUT2D eigenvalue weighted by atomic mass is 10.2. The standard InChI is InChI=1S/C14H15F2NO4/c1-2-3-4-11(14(19)20)17-13(18)8-21-12-6-5-9(15)7-10(12)16/h2-3,5-7,11H,4,8H2,1H3,(H,17,18)(H,19,20)/b3-2+. The molecule has 21 heavy (non-hydrogen) atoms. The molecule has 0 aliphatic carbocycles. The fraction of sp³-hybridized carbons (Fsp3) is 0.286. The van der Waals surface area contributed by atoms with E-state index in [4.69, 9.17) is 9.84 Å². The van der Waals surface area contributed by atoms with E-state index in [1.54, 1.807) is 19.1 Å². The van der Waals surface area contributed by atoms with Crippen LogP contribution in [0.5, 0.6) is 5.75 Å². The predicted molar refractivity (Wildman–Crippen MR) is 70.9 cm³/mol. The molecule has 1 unspecified atom stereocenters. The Hall–Kier alpha value is -2.44. The Kier molecular flexibility index (Phi) is 6.32. The number of benzene rings is 1. The minimum Gasteiger partial charge on any atom is -0.481 e. The van der Waals surface area contributed by atoms with Crippen molar-refractivity contribution in [1.82, 2.24) is 5.32 Å². The fourth-order valence-corrected chi connectivity index (χ4v) is 1.47. The van der Waals surface area contributed by atoms with Crippen LogP contribution in [0.2, 0.25) is 0 Å². The van der Waals surface area contributed by atoms with E-state index in [2.05, 4.69) is 5.32 Å². The molecule has 1 amide bonds. The van der Waals surface area contributed by atoms with Gasteiger partial charge in [0.05, 0.1) is 0 Å². The molecule has 1 aromatic carbocycles. The van der Waals surface area contributed by atoms with Crippen LogP contribution in [0.1, 0.15) is 13.3 Å². The third kappa shape index (κ3) is 5.60. The number of nitrogens with one attached hydrogen (secondary N) is 1. The third-order valence-electron chi connectivity index (χ3n) is 2.49. The van der Waals surface area contributed by atoms with Gasteiger partial charge in [0.25, 0.3) is 5.91 Å². The van der Waals surface area contributed by atoms with E-state index in [1.165, 1.54) is 0 Å². The lowest BCUT2D eigenvalue weighted by Crippen LogP contribution is -2.42. The van der Waals surface area contributed by atoms with Gasteiger partial charge in [-0.1, -0.05) is 12.2 Å². The zero-order valence-corrected chi connectivity index (χ0v) is 11.3. The van der Waals surface area contributed by atoms with Crippen molar-refractivity contribution in [1.29, 1.82) is 0 Å². The van der Waals surface area contributed by atoms with Crippen LogP contribution in [-0.2, 0) is 9.59 Å². The Morgan fingerprint density at radius 1 is 1.43 bits per heavy atom. The number of carbonyl (C=O) groups is 2. The van der Waals surface area contributed by atoms with E-state index >= 15 is 0 Å². The second kappa shape index (κ2) is 7.98. The van der Waals surface area contributed by atoms with Crippen LogP contribution < -0.4 is 10.1 Å². The number of ether oxygens (including phenoxy) is 1. The van der Waals surface area contributed by atoms with Crippen molar-refractivity contribution >= 4 is 11.9 Å². The summed E-state index contributed by atoms with van der Waals surface area (Å²) in [5.41, 5.74) is 0. The fourth-order valence-electron chi connectivity index (χ4n) is 1.47. The monoisotopic (exact) mass is 299 g/mol. The first-order valence-corrected chi connectivity index (χ1v) is 6.15. The molecule has 0 spiro atoms. The van der Waals surface area contributed by atoms with Gasteiger partial charge in [0.1, 0.15) is 11.9 Å². The van der Waals surface area contributed by atoms with Gasteiger partial charge in [0.2, 0.25) is 0 Å². The maximum Gasteiger partial charge on any atom is 0.326 e. The molecular weight excluding hydrogens is 284 g/mol. The second-order valence-electron chi connectivity index (χ2n) is 4.13. The smallest absolute Gasteiger partial charge is 0.326 e. The SMILES string of the molecule is C/C=C/CC(NC(=O)COc1ccc(F)cc1F)C(=O)O. The van der Waals surface area contributed by atoms with Crippen molar-refractivity contribution in [3.8, 4) is 5.75 Å². The Morgan fingerprint density at radius 3 is 2.71 bits per heavy atom. The molecule has 0 bridgehead atoms. The van der Waals surface area contributed by atoms with Crippen molar-refractivity contribution in [3.63, 3.8) is 0 Å². The molecule has 7 heteroatoms. The number of carboxylic acids is 1. The number of hydrogen-bond acceptors (Lipinski definition) is 3. The van der Waals surface area contributed by atoms with Gasteiger partial charge in [-0.15, -0.1) is 0 Å². The molecule has 1 aromatic rings. The normalized spacial score (nSPS) is 12.1. The summed E-state index contributed by atoms with van der Waals surface area (Å²) in [6.45, 7) is 1.16. The second-order valence-corrected chi connectivity index (χ2v) is 4.13. The molecule has 5 nitrogen and oxygen atoms in total. The molecule has 0 aromatic heterocycles. The topological polar surface area (TPSA) is 75.6 Å². The Bertz CT molecular complexity index is 546. The van der Waals surface area contributed by atoms with Gasteiger partial charge in [0, 0.05) is 6.07 Å². The number of carboxylic acid groups (broad SMARTS) is 1. The summed E-state index contributed by atoms with van der Waals surface area (Å²) in [7, 11) is 0. The molecule has 0 fully saturated rings. The van der Waals surface area contributed by atoms with Gasteiger partial charge in [-0.2, -0.15) is 0 Å². The van der Waals surface area contributed by atoms with Gasteiger partial charge in [-0.25, -0.2) is 13.6 Å². The molecule has 2 N–H and O–H groups in total. The number of halogens is 2. The first kappa shape index (κ1) is 16.6. The number of rotatable bonds is 7. The van der Waals surface area contributed by atoms with Crippen LogP contribution in [0.3, 0.4) is 0 Å². The molecule has 0 aliphatic heterocycles. The third-order valence-corrected chi connectivity index (χ3v) is 2.49. The molecule has 0 radical (unpaired) electrons. The highest BCUT2D eigenvalue weighted by Gasteiger charge is 2.18. The Balaban J connectivity index is 2.54. The lowest BCUT2D eigenvalue weighted by Gasteiger charge is -2.13. The van der Waals surface area contributed by atoms with Crippen molar-refractivity contribution in [2.24, 2.45) is 0 Å². The van der Waals surface area contributed by atoms with E-state index in [-0.39, 0.29) is 12.2 Å². The first-order valence-electron chi connectivity index (χ1n) is 6.15. The molecule has 0 saturated heterocycles. The van der Waals surface area contributed by atoms with Crippen LogP contribution in [0, 0.1) is 11.6 Å². The maximum atomic E-state index is 13.3. The highest BCUT2D eigenvalue weighted by molar-refractivity contribution is 5.84. The average Bonchev–Trinajstić information content (AvgIpc) is 2.42. The number of amides is 1. The van der Waals surface area contributed by atoms with Crippen LogP contribution >= 0.6 is 0 Å². The number of carbonyl (C=O) groups excluding carboxylic acids is 1. The number of allylic oxidation sites excluding steroid dienone is 1. The van der Waals surface area contributed by atoms with Crippen LogP contribution in [0.25, 0.3) is 0 Å². The van der Waals surface area contributed by atoms with Gasteiger partial charge < -0.3 is 15.2 Å². The van der Waals surface area contributed by atoms with Crippen molar-refractivity contribution in [2.75, 3.05) is 6.61 Å². The van der Waals surface area contributed by atoms with Gasteiger partial charge in [-0.05, 0) is 25.5 Å². The van der Waals surface area contributed by atoms with E-state index in [0.29, 0.717) is 6.07 Å². The average molecular weight is 299 g/mol. The summed E-state index contributed by atoms with van der Waals surface area (Å²) in [5.74, 6) is -3.88. The van der Waals surface area contributed by atoms with Crippen molar-refractivity contribution in [2.45, 2.75) is 19.4 Å². The first-order chi connectivity index (χ1) is 9.93. The zero-order chi connectivity index (χ0) is 15.8. The highest BCUT2D eigenvalue weighted by atomic mass is 19.1. The molecule has 0 heterocycles. The molecular formula is C14H15F2NO4. The summed E-state index contributed by atoms with van der Waals surface area (Å²) >= 11 is 0.